The number of carbonyl (C=O) groups is 4. The summed E-state index contributed by atoms with van der Waals surface area (Å²) in [5.74, 6) is -0.562. The lowest BCUT2D eigenvalue weighted by atomic mass is 10.0. The molecule has 2 unspecified atom stereocenters. The van der Waals surface area contributed by atoms with Crippen LogP contribution in [0.4, 0.5) is 0 Å². The second-order valence-corrected chi connectivity index (χ2v) is 33.4. The normalized spacial score (nSPS) is 13.9. The zero-order valence-corrected chi connectivity index (χ0v) is 68.0. The minimum Gasteiger partial charge on any atom is -0.462 e. The van der Waals surface area contributed by atoms with Gasteiger partial charge in [0.25, 0.3) is 0 Å². The summed E-state index contributed by atoms with van der Waals surface area (Å²) in [6.07, 6.45) is 63.7. The number of hydrogen-bond acceptors (Lipinski definition) is 15. The van der Waals surface area contributed by atoms with Gasteiger partial charge >= 0.3 is 39.5 Å². The molecular weight excluding hydrogens is 1320 g/mol. The van der Waals surface area contributed by atoms with E-state index >= 15 is 0 Å². The van der Waals surface area contributed by atoms with Gasteiger partial charge < -0.3 is 33.8 Å². The molecule has 0 aromatic carbocycles. The van der Waals surface area contributed by atoms with Crippen molar-refractivity contribution in [2.75, 3.05) is 39.6 Å². The van der Waals surface area contributed by atoms with E-state index in [1.807, 2.05) is 0 Å². The molecule has 0 radical (unpaired) electrons. The highest BCUT2D eigenvalue weighted by Crippen LogP contribution is 2.45. The number of rotatable bonds is 81. The molecule has 600 valence electrons. The van der Waals surface area contributed by atoms with Gasteiger partial charge in [-0.15, -0.1) is 0 Å². The Morgan fingerprint density at radius 2 is 0.455 bits per heavy atom. The summed E-state index contributed by atoms with van der Waals surface area (Å²) in [6.45, 7) is 9.66. The summed E-state index contributed by atoms with van der Waals surface area (Å²) < 4.78 is 68.8. The lowest BCUT2D eigenvalue weighted by molar-refractivity contribution is -0.161. The molecule has 0 heterocycles. The molecule has 0 aromatic heterocycles. The Morgan fingerprint density at radius 1 is 0.267 bits per heavy atom. The van der Waals surface area contributed by atoms with Crippen molar-refractivity contribution in [2.24, 2.45) is 11.8 Å². The van der Waals surface area contributed by atoms with Gasteiger partial charge in [-0.3, -0.25) is 37.3 Å². The Kier molecular flexibility index (Phi) is 72.2. The second-order valence-electron chi connectivity index (χ2n) is 30.5. The van der Waals surface area contributed by atoms with Gasteiger partial charge in [0.15, 0.2) is 12.2 Å². The van der Waals surface area contributed by atoms with E-state index in [0.717, 1.165) is 102 Å². The summed E-state index contributed by atoms with van der Waals surface area (Å²) in [7, 11) is -9.92. The van der Waals surface area contributed by atoms with Crippen molar-refractivity contribution in [2.45, 2.75) is 452 Å². The Balaban J connectivity index is 5.26. The highest BCUT2D eigenvalue weighted by molar-refractivity contribution is 7.47. The Morgan fingerprint density at radius 3 is 0.673 bits per heavy atom. The van der Waals surface area contributed by atoms with Gasteiger partial charge in [-0.2, -0.15) is 0 Å². The van der Waals surface area contributed by atoms with Crippen LogP contribution in [-0.4, -0.2) is 96.7 Å². The first-order valence-corrected chi connectivity index (χ1v) is 45.5. The van der Waals surface area contributed by atoms with Crippen LogP contribution in [0.3, 0.4) is 0 Å². The summed E-state index contributed by atoms with van der Waals surface area (Å²) >= 11 is 0. The van der Waals surface area contributed by atoms with Crippen molar-refractivity contribution in [3.05, 3.63) is 0 Å². The van der Waals surface area contributed by atoms with E-state index in [0.29, 0.717) is 25.7 Å². The summed E-state index contributed by atoms with van der Waals surface area (Å²) in [4.78, 5) is 73.1. The van der Waals surface area contributed by atoms with E-state index in [1.165, 1.54) is 250 Å². The zero-order valence-electron chi connectivity index (χ0n) is 66.2. The van der Waals surface area contributed by atoms with E-state index in [2.05, 4.69) is 41.5 Å². The number of phosphoric acid groups is 2. The van der Waals surface area contributed by atoms with Crippen LogP contribution < -0.4 is 0 Å². The van der Waals surface area contributed by atoms with Crippen LogP contribution in [0.2, 0.25) is 0 Å². The molecule has 0 aromatic rings. The number of aliphatic hydroxyl groups excluding tert-OH is 1. The molecule has 5 atom stereocenters. The minimum atomic E-state index is -4.96. The first kappa shape index (κ1) is 99.1. The zero-order chi connectivity index (χ0) is 74.2. The van der Waals surface area contributed by atoms with Crippen molar-refractivity contribution in [1.82, 2.24) is 0 Å². The molecule has 0 saturated heterocycles. The standard InChI is InChI=1S/C82H160O17P2/c1-7-9-11-13-15-17-19-21-22-23-24-25-26-30-35-42-48-54-60-66-81(86)98-77(70-93-80(85)65-59-53-47-41-34-31-27-29-32-38-44-50-56-62-74(3)4)72-96-100(88,89)94-68-76(83)69-95-101(90,91)97-73-78(99-82(87)67-61-55-49-43-37-36-39-45-51-57-63-75(5)6)71-92-79(84)64-58-52-46-40-33-28-20-18-16-14-12-10-8-2/h74-78,83H,7-73H2,1-6H3,(H,88,89)(H,90,91)/t76-,77-,78-/m1/s1. The minimum absolute atomic E-state index is 0.107. The van der Waals surface area contributed by atoms with Crippen LogP contribution in [0.15, 0.2) is 0 Å². The Bertz CT molecular complexity index is 1940. The molecule has 101 heavy (non-hydrogen) atoms. The molecule has 0 spiro atoms. The van der Waals surface area contributed by atoms with Crippen molar-refractivity contribution in [3.8, 4) is 0 Å². The smallest absolute Gasteiger partial charge is 0.462 e. The number of ether oxygens (including phenoxy) is 4. The molecule has 0 aliphatic carbocycles. The SMILES string of the molecule is CCCCCCCCCCCCCCCCCCCCCC(=O)O[C@H](COC(=O)CCCCCCCCCCCCCCCC(C)C)COP(=O)(O)OC[C@@H](O)COP(=O)(O)OC[C@@H](COC(=O)CCCCCCCCCCCCCCC)OC(=O)CCCCCCCCCCCCC(C)C. The predicted molar refractivity (Wildman–Crippen MR) is 414 cm³/mol. The molecule has 0 bridgehead atoms. The topological polar surface area (TPSA) is 237 Å². The van der Waals surface area contributed by atoms with Crippen LogP contribution in [0, 0.1) is 11.8 Å². The third kappa shape index (κ3) is 76.1. The summed E-state index contributed by atoms with van der Waals surface area (Å²) in [6, 6.07) is 0. The maximum atomic E-state index is 13.1. The molecule has 19 heteroatoms. The number of carbonyl (C=O) groups excluding carboxylic acids is 4. The molecule has 3 N–H and O–H groups in total. The first-order chi connectivity index (χ1) is 48.9. The van der Waals surface area contributed by atoms with E-state index < -0.39 is 97.5 Å². The largest absolute Gasteiger partial charge is 0.472 e. The van der Waals surface area contributed by atoms with E-state index in [1.54, 1.807) is 0 Å². The molecular formula is C82H160O17P2. The van der Waals surface area contributed by atoms with Gasteiger partial charge in [0.05, 0.1) is 26.4 Å². The van der Waals surface area contributed by atoms with Crippen LogP contribution in [-0.2, 0) is 65.4 Å². The lowest BCUT2D eigenvalue weighted by Crippen LogP contribution is -2.30. The third-order valence-electron chi connectivity index (χ3n) is 19.2. The van der Waals surface area contributed by atoms with Crippen LogP contribution in [0.5, 0.6) is 0 Å². The van der Waals surface area contributed by atoms with Gasteiger partial charge in [0.1, 0.15) is 19.3 Å². The van der Waals surface area contributed by atoms with Gasteiger partial charge in [-0.1, -0.05) is 382 Å². The van der Waals surface area contributed by atoms with Gasteiger partial charge in [0, 0.05) is 25.7 Å². The molecule has 0 amide bonds. The lowest BCUT2D eigenvalue weighted by Gasteiger charge is -2.21. The molecule has 17 nitrogen and oxygen atoms in total. The fraction of sp³-hybridized carbons (Fsp3) is 0.951. The second kappa shape index (κ2) is 73.6. The fourth-order valence-electron chi connectivity index (χ4n) is 12.7. The van der Waals surface area contributed by atoms with Crippen LogP contribution >= 0.6 is 15.6 Å². The molecule has 0 rings (SSSR count). The molecule has 0 aliphatic heterocycles. The summed E-state index contributed by atoms with van der Waals surface area (Å²) in [5.41, 5.74) is 0. The average molecular weight is 1480 g/mol. The maximum Gasteiger partial charge on any atom is 0.472 e. The van der Waals surface area contributed by atoms with E-state index in [9.17, 15) is 43.2 Å². The highest BCUT2D eigenvalue weighted by Gasteiger charge is 2.30. The Hall–Kier alpha value is -1.94. The van der Waals surface area contributed by atoms with Crippen molar-refractivity contribution in [1.29, 1.82) is 0 Å². The van der Waals surface area contributed by atoms with Crippen molar-refractivity contribution < 1.29 is 80.2 Å². The number of unbranched alkanes of at least 4 members (excludes halogenated alkanes) is 51. The molecule has 0 fully saturated rings. The maximum absolute atomic E-state index is 13.1. The summed E-state index contributed by atoms with van der Waals surface area (Å²) in [5, 5.41) is 10.7. The highest BCUT2D eigenvalue weighted by atomic mass is 31.2. The van der Waals surface area contributed by atoms with E-state index in [-0.39, 0.29) is 25.7 Å². The van der Waals surface area contributed by atoms with Crippen LogP contribution in [0.1, 0.15) is 433 Å². The molecule has 0 aliphatic rings. The predicted octanol–water partition coefficient (Wildman–Crippen LogP) is 24.7. The quantitative estimate of drug-likeness (QED) is 0.0222. The van der Waals surface area contributed by atoms with Crippen LogP contribution in [0.25, 0.3) is 0 Å². The molecule has 0 saturated carbocycles. The number of phosphoric ester groups is 2. The van der Waals surface area contributed by atoms with Crippen molar-refractivity contribution in [3.63, 3.8) is 0 Å². The van der Waals surface area contributed by atoms with E-state index in [4.69, 9.17) is 37.0 Å². The van der Waals surface area contributed by atoms with Crippen molar-refractivity contribution >= 4 is 39.5 Å². The first-order valence-electron chi connectivity index (χ1n) is 42.5. The van der Waals surface area contributed by atoms with Gasteiger partial charge in [-0.25, -0.2) is 9.13 Å². The number of esters is 4. The Labute approximate surface area is 619 Å². The number of hydrogen-bond donors (Lipinski definition) is 3. The third-order valence-corrected chi connectivity index (χ3v) is 21.1. The van der Waals surface area contributed by atoms with Gasteiger partial charge in [0.2, 0.25) is 0 Å². The average Bonchev–Trinajstić information content (AvgIpc) is 0.999. The monoisotopic (exact) mass is 1480 g/mol. The van der Waals surface area contributed by atoms with Gasteiger partial charge in [-0.05, 0) is 37.5 Å². The fourth-order valence-corrected chi connectivity index (χ4v) is 14.3. The number of aliphatic hydroxyl groups is 1.